The fraction of sp³-hybridized carbons (Fsp3) is 0.381. The highest BCUT2D eigenvalue weighted by molar-refractivity contribution is 5.94. The first kappa shape index (κ1) is 17.6. The summed E-state index contributed by atoms with van der Waals surface area (Å²) in [5, 5.41) is 3.00. The van der Waals surface area contributed by atoms with Crippen LogP contribution in [-0.2, 0) is 11.3 Å². The number of carbonyl (C=O) groups excluding carboxylic acids is 1. The fourth-order valence-electron chi connectivity index (χ4n) is 3.27. The first-order valence-corrected chi connectivity index (χ1v) is 9.00. The van der Waals surface area contributed by atoms with Crippen LogP contribution in [0.1, 0.15) is 18.1 Å². The van der Waals surface area contributed by atoms with Crippen molar-refractivity contribution in [1.82, 2.24) is 9.80 Å². The Balaban J connectivity index is 1.50. The molecule has 0 spiro atoms. The number of aryl methyl sites for hydroxylation is 1. The maximum atomic E-state index is 12.5. The van der Waals surface area contributed by atoms with Crippen LogP contribution in [0.25, 0.3) is 0 Å². The molecule has 4 heteroatoms. The summed E-state index contributed by atoms with van der Waals surface area (Å²) < 4.78 is 0. The van der Waals surface area contributed by atoms with Gasteiger partial charge in [-0.1, -0.05) is 42.5 Å². The quantitative estimate of drug-likeness (QED) is 0.910. The molecule has 132 valence electrons. The number of nitrogens with zero attached hydrogens (tertiary/aromatic N) is 2. The summed E-state index contributed by atoms with van der Waals surface area (Å²) >= 11 is 0. The molecule has 0 aromatic heterocycles. The minimum atomic E-state index is -0.110. The Morgan fingerprint density at radius 3 is 2.32 bits per heavy atom. The molecular formula is C21H27N3O. The maximum Gasteiger partial charge on any atom is 0.241 e. The average Bonchev–Trinajstić information content (AvgIpc) is 2.64. The SMILES string of the molecule is Cc1ccccc1CN1CCN([C@@H](C)C(=O)Nc2ccccc2)CC1. The van der Waals surface area contributed by atoms with Crippen molar-refractivity contribution in [2.45, 2.75) is 26.4 Å². The predicted octanol–water partition coefficient (Wildman–Crippen LogP) is 3.14. The molecular weight excluding hydrogens is 310 g/mol. The van der Waals surface area contributed by atoms with E-state index in [1.165, 1.54) is 11.1 Å². The summed E-state index contributed by atoms with van der Waals surface area (Å²) in [7, 11) is 0. The van der Waals surface area contributed by atoms with Gasteiger partial charge in [-0.05, 0) is 37.1 Å². The van der Waals surface area contributed by atoms with Crippen LogP contribution in [-0.4, -0.2) is 47.9 Å². The van der Waals surface area contributed by atoms with E-state index in [-0.39, 0.29) is 11.9 Å². The predicted molar refractivity (Wildman–Crippen MR) is 103 cm³/mol. The molecule has 25 heavy (non-hydrogen) atoms. The van der Waals surface area contributed by atoms with Gasteiger partial charge in [0, 0.05) is 38.4 Å². The molecule has 1 aliphatic heterocycles. The van der Waals surface area contributed by atoms with Crippen LogP contribution in [0, 0.1) is 6.92 Å². The van der Waals surface area contributed by atoms with Gasteiger partial charge in [-0.3, -0.25) is 14.6 Å². The molecule has 1 heterocycles. The molecule has 1 fully saturated rings. The average molecular weight is 337 g/mol. The van der Waals surface area contributed by atoms with Crippen LogP contribution in [0.2, 0.25) is 0 Å². The molecule has 1 saturated heterocycles. The van der Waals surface area contributed by atoms with E-state index in [9.17, 15) is 4.79 Å². The Hall–Kier alpha value is -2.17. The van der Waals surface area contributed by atoms with E-state index in [0.717, 1.165) is 38.4 Å². The van der Waals surface area contributed by atoms with Gasteiger partial charge in [0.25, 0.3) is 0 Å². The Bertz CT molecular complexity index is 693. The van der Waals surface area contributed by atoms with E-state index in [1.54, 1.807) is 0 Å². The number of nitrogens with one attached hydrogen (secondary N) is 1. The highest BCUT2D eigenvalue weighted by atomic mass is 16.2. The summed E-state index contributed by atoms with van der Waals surface area (Å²) in [5.41, 5.74) is 3.60. The van der Waals surface area contributed by atoms with Gasteiger partial charge in [-0.2, -0.15) is 0 Å². The van der Waals surface area contributed by atoms with Gasteiger partial charge in [0.2, 0.25) is 5.91 Å². The van der Waals surface area contributed by atoms with Gasteiger partial charge in [0.1, 0.15) is 0 Å². The molecule has 1 atom stereocenters. The molecule has 1 aliphatic rings. The molecule has 2 aromatic rings. The van der Waals surface area contributed by atoms with E-state index in [1.807, 2.05) is 37.3 Å². The van der Waals surface area contributed by atoms with Crippen molar-refractivity contribution >= 4 is 11.6 Å². The molecule has 0 bridgehead atoms. The molecule has 4 nitrogen and oxygen atoms in total. The normalized spacial score (nSPS) is 17.2. The number of hydrogen-bond donors (Lipinski definition) is 1. The zero-order chi connectivity index (χ0) is 17.6. The highest BCUT2D eigenvalue weighted by Crippen LogP contribution is 2.14. The van der Waals surface area contributed by atoms with Gasteiger partial charge in [-0.15, -0.1) is 0 Å². The van der Waals surface area contributed by atoms with Crippen LogP contribution in [0.3, 0.4) is 0 Å². The lowest BCUT2D eigenvalue weighted by Crippen LogP contribution is -2.52. The van der Waals surface area contributed by atoms with Crippen LogP contribution >= 0.6 is 0 Å². The van der Waals surface area contributed by atoms with Crippen molar-refractivity contribution in [2.24, 2.45) is 0 Å². The second-order valence-electron chi connectivity index (χ2n) is 6.77. The van der Waals surface area contributed by atoms with Crippen molar-refractivity contribution in [3.05, 3.63) is 65.7 Å². The molecule has 0 aliphatic carbocycles. The molecule has 0 unspecified atom stereocenters. The third kappa shape index (κ3) is 4.68. The Kier molecular flexibility index (Phi) is 5.84. The van der Waals surface area contributed by atoms with Crippen LogP contribution in [0.5, 0.6) is 0 Å². The third-order valence-corrected chi connectivity index (χ3v) is 5.03. The standard InChI is InChI=1S/C21H27N3O/c1-17-8-6-7-9-19(17)16-23-12-14-24(15-13-23)18(2)21(25)22-20-10-4-3-5-11-20/h3-11,18H,12-16H2,1-2H3,(H,22,25)/t18-/m0/s1. The Morgan fingerprint density at radius 1 is 1.00 bits per heavy atom. The molecule has 1 N–H and O–H groups in total. The first-order chi connectivity index (χ1) is 12.1. The van der Waals surface area contributed by atoms with Crippen molar-refractivity contribution in [2.75, 3.05) is 31.5 Å². The summed E-state index contributed by atoms with van der Waals surface area (Å²) in [6.07, 6.45) is 0. The third-order valence-electron chi connectivity index (χ3n) is 5.03. The van der Waals surface area contributed by atoms with E-state index in [2.05, 4.69) is 46.3 Å². The molecule has 2 aromatic carbocycles. The Labute approximate surface area is 150 Å². The lowest BCUT2D eigenvalue weighted by atomic mass is 10.1. The monoisotopic (exact) mass is 337 g/mol. The molecule has 1 amide bonds. The van der Waals surface area contributed by atoms with Crippen LogP contribution in [0.4, 0.5) is 5.69 Å². The zero-order valence-electron chi connectivity index (χ0n) is 15.1. The number of anilines is 1. The summed E-state index contributed by atoms with van der Waals surface area (Å²) in [6.45, 7) is 9.00. The number of piperazine rings is 1. The zero-order valence-corrected chi connectivity index (χ0v) is 15.1. The molecule has 0 radical (unpaired) electrons. The number of carbonyl (C=O) groups is 1. The van der Waals surface area contributed by atoms with E-state index >= 15 is 0 Å². The largest absolute Gasteiger partial charge is 0.325 e. The minimum Gasteiger partial charge on any atom is -0.325 e. The topological polar surface area (TPSA) is 35.6 Å². The number of benzene rings is 2. The second-order valence-corrected chi connectivity index (χ2v) is 6.77. The lowest BCUT2D eigenvalue weighted by Gasteiger charge is -2.37. The smallest absolute Gasteiger partial charge is 0.241 e. The molecule has 0 saturated carbocycles. The van der Waals surface area contributed by atoms with Gasteiger partial charge in [-0.25, -0.2) is 0 Å². The van der Waals surface area contributed by atoms with Crippen molar-refractivity contribution in [1.29, 1.82) is 0 Å². The highest BCUT2D eigenvalue weighted by Gasteiger charge is 2.25. The van der Waals surface area contributed by atoms with E-state index in [4.69, 9.17) is 0 Å². The van der Waals surface area contributed by atoms with Gasteiger partial charge >= 0.3 is 0 Å². The van der Waals surface area contributed by atoms with E-state index < -0.39 is 0 Å². The maximum absolute atomic E-state index is 12.5. The molecule has 3 rings (SSSR count). The number of rotatable bonds is 5. The lowest BCUT2D eigenvalue weighted by molar-refractivity contribution is -0.121. The van der Waals surface area contributed by atoms with Gasteiger partial charge < -0.3 is 5.32 Å². The fourth-order valence-corrected chi connectivity index (χ4v) is 3.27. The number of hydrogen-bond acceptors (Lipinski definition) is 3. The van der Waals surface area contributed by atoms with Crippen LogP contribution in [0.15, 0.2) is 54.6 Å². The Morgan fingerprint density at radius 2 is 1.64 bits per heavy atom. The van der Waals surface area contributed by atoms with E-state index in [0.29, 0.717) is 0 Å². The first-order valence-electron chi connectivity index (χ1n) is 9.00. The van der Waals surface area contributed by atoms with Gasteiger partial charge in [0.15, 0.2) is 0 Å². The number of amides is 1. The number of para-hydroxylation sites is 1. The summed E-state index contributed by atoms with van der Waals surface area (Å²) in [4.78, 5) is 17.2. The van der Waals surface area contributed by atoms with Crippen molar-refractivity contribution in [3.63, 3.8) is 0 Å². The van der Waals surface area contributed by atoms with Crippen molar-refractivity contribution < 1.29 is 4.79 Å². The van der Waals surface area contributed by atoms with Gasteiger partial charge in [0.05, 0.1) is 6.04 Å². The minimum absolute atomic E-state index is 0.0681. The second kappa shape index (κ2) is 8.28. The van der Waals surface area contributed by atoms with Crippen LogP contribution < -0.4 is 5.32 Å². The summed E-state index contributed by atoms with van der Waals surface area (Å²) in [6, 6.07) is 18.1. The van der Waals surface area contributed by atoms with Crippen molar-refractivity contribution in [3.8, 4) is 0 Å². The summed E-state index contributed by atoms with van der Waals surface area (Å²) in [5.74, 6) is 0.0681.